The molecule has 0 bridgehead atoms. The summed E-state index contributed by atoms with van der Waals surface area (Å²) in [6, 6.07) is 11.2. The van der Waals surface area contributed by atoms with Crippen LogP contribution in [0.5, 0.6) is 11.8 Å². The van der Waals surface area contributed by atoms with Crippen LogP contribution in [0.15, 0.2) is 65.6 Å². The van der Waals surface area contributed by atoms with Crippen LogP contribution in [0, 0.1) is 11.6 Å². The van der Waals surface area contributed by atoms with E-state index in [0.29, 0.717) is 42.1 Å². The van der Waals surface area contributed by atoms with E-state index < -0.39 is 29.2 Å². The highest BCUT2D eigenvalue weighted by molar-refractivity contribution is 5.80. The Morgan fingerprint density at radius 1 is 1.03 bits per heavy atom. The number of carboxylic acid groups (broad SMARTS) is 1. The minimum absolute atomic E-state index is 0.0345. The van der Waals surface area contributed by atoms with Crippen LogP contribution in [-0.2, 0) is 11.3 Å². The number of ether oxygens (including phenoxy) is 1. The summed E-state index contributed by atoms with van der Waals surface area (Å²) in [5, 5.41) is 9.72. The van der Waals surface area contributed by atoms with Gasteiger partial charge < -0.3 is 9.84 Å². The first-order valence-corrected chi connectivity index (χ1v) is 10.5. The number of carboxylic acids is 1. The van der Waals surface area contributed by atoms with Crippen molar-refractivity contribution < 1.29 is 23.4 Å². The van der Waals surface area contributed by atoms with Crippen LogP contribution in [0.3, 0.4) is 0 Å². The lowest BCUT2D eigenvalue weighted by Gasteiger charge is -2.25. The maximum Gasteiger partial charge on any atom is 0.328 e. The van der Waals surface area contributed by atoms with Gasteiger partial charge in [0.25, 0.3) is 5.56 Å². The predicted octanol–water partition coefficient (Wildman–Crippen LogP) is 4.26. The zero-order valence-electron chi connectivity index (χ0n) is 17.7. The smallest absolute Gasteiger partial charge is 0.328 e. The normalized spacial score (nSPS) is 15.1. The van der Waals surface area contributed by atoms with E-state index in [1.807, 2.05) is 0 Å². The second-order valence-corrected chi connectivity index (χ2v) is 7.78. The molecule has 2 aromatic heterocycles. The lowest BCUT2D eigenvalue weighted by molar-refractivity contribution is -0.142. The van der Waals surface area contributed by atoms with Gasteiger partial charge in [-0.25, -0.2) is 23.2 Å². The number of fused-ring (bicyclic) bond motifs is 1. The van der Waals surface area contributed by atoms with Crippen LogP contribution >= 0.6 is 0 Å². The van der Waals surface area contributed by atoms with Gasteiger partial charge in [-0.1, -0.05) is 12.1 Å². The third-order valence-corrected chi connectivity index (χ3v) is 5.64. The van der Waals surface area contributed by atoms with Crippen LogP contribution in [0.4, 0.5) is 8.78 Å². The van der Waals surface area contributed by atoms with Gasteiger partial charge in [-0.15, -0.1) is 0 Å². The molecule has 1 unspecified atom stereocenters. The van der Waals surface area contributed by atoms with Crippen molar-refractivity contribution in [3.63, 3.8) is 0 Å². The Morgan fingerprint density at radius 2 is 1.71 bits per heavy atom. The molecule has 8 nitrogen and oxygen atoms in total. The summed E-state index contributed by atoms with van der Waals surface area (Å²) in [5.74, 6) is -1.67. The average Bonchev–Trinajstić information content (AvgIpc) is 3.14. The molecule has 0 saturated carbocycles. The number of carbonyl (C=O) groups is 1. The summed E-state index contributed by atoms with van der Waals surface area (Å²) < 4.78 is 35.3. The van der Waals surface area contributed by atoms with Crippen LogP contribution in [0.25, 0.3) is 22.5 Å². The molecule has 1 N–H and O–H groups in total. The Balaban J connectivity index is 1.68. The maximum atomic E-state index is 13.6. The van der Waals surface area contributed by atoms with E-state index in [9.17, 15) is 23.5 Å². The number of hydrogen-bond acceptors (Lipinski definition) is 5. The van der Waals surface area contributed by atoms with E-state index >= 15 is 0 Å². The van der Waals surface area contributed by atoms with Crippen LogP contribution in [0.2, 0.25) is 0 Å². The fraction of sp³-hybridized carbons (Fsp3) is 0.167. The first-order valence-electron chi connectivity index (χ1n) is 10.5. The van der Waals surface area contributed by atoms with E-state index in [1.165, 1.54) is 59.4 Å². The molecule has 1 aliphatic rings. The first-order chi connectivity index (χ1) is 16.4. The van der Waals surface area contributed by atoms with Crippen molar-refractivity contribution in [3.8, 4) is 34.3 Å². The van der Waals surface area contributed by atoms with Crippen molar-refractivity contribution in [2.75, 3.05) is 0 Å². The molecule has 1 aliphatic heterocycles. The van der Waals surface area contributed by atoms with Gasteiger partial charge in [-0.3, -0.25) is 9.48 Å². The molecule has 0 spiro atoms. The van der Waals surface area contributed by atoms with Crippen LogP contribution < -0.4 is 10.3 Å². The molecular formula is C24H18F2N4O4. The highest BCUT2D eigenvalue weighted by Gasteiger charge is 2.33. The van der Waals surface area contributed by atoms with Gasteiger partial charge in [-0.2, -0.15) is 4.98 Å². The third kappa shape index (κ3) is 3.83. The lowest BCUT2D eigenvalue weighted by Crippen LogP contribution is -2.36. The van der Waals surface area contributed by atoms with Gasteiger partial charge in [0.2, 0.25) is 0 Å². The van der Waals surface area contributed by atoms with Crippen LogP contribution in [0.1, 0.15) is 18.9 Å². The van der Waals surface area contributed by atoms with Gasteiger partial charge >= 0.3 is 12.0 Å². The molecule has 0 saturated heterocycles. The average molecular weight is 464 g/mol. The van der Waals surface area contributed by atoms with Gasteiger partial charge in [0, 0.05) is 12.7 Å². The molecule has 172 valence electrons. The second-order valence-electron chi connectivity index (χ2n) is 7.78. The summed E-state index contributed by atoms with van der Waals surface area (Å²) in [5.41, 5.74) is 0.842. The largest absolute Gasteiger partial charge is 0.480 e. The molecule has 2 aromatic carbocycles. The molecule has 0 aliphatic carbocycles. The maximum absolute atomic E-state index is 13.6. The molecule has 1 atom stereocenters. The van der Waals surface area contributed by atoms with E-state index in [-0.39, 0.29) is 11.6 Å². The van der Waals surface area contributed by atoms with E-state index in [1.54, 1.807) is 10.7 Å². The van der Waals surface area contributed by atoms with Crippen molar-refractivity contribution in [2.45, 2.75) is 25.4 Å². The highest BCUT2D eigenvalue weighted by atomic mass is 19.1. The Morgan fingerprint density at radius 3 is 2.38 bits per heavy atom. The van der Waals surface area contributed by atoms with Gasteiger partial charge in [-0.05, 0) is 60.9 Å². The summed E-state index contributed by atoms with van der Waals surface area (Å²) >= 11 is 0. The zero-order valence-corrected chi connectivity index (χ0v) is 17.7. The molecule has 3 heterocycles. The summed E-state index contributed by atoms with van der Waals surface area (Å²) in [4.78, 5) is 33.9. The van der Waals surface area contributed by atoms with Crippen molar-refractivity contribution in [1.82, 2.24) is 19.3 Å². The molecule has 0 fully saturated rings. The number of halogens is 2. The minimum atomic E-state index is -1.11. The van der Waals surface area contributed by atoms with E-state index in [2.05, 4.69) is 9.97 Å². The summed E-state index contributed by atoms with van der Waals surface area (Å²) in [6.07, 6.45) is 2.30. The summed E-state index contributed by atoms with van der Waals surface area (Å²) in [6.45, 7) is 0.397. The molecular weight excluding hydrogens is 446 g/mol. The van der Waals surface area contributed by atoms with Crippen molar-refractivity contribution in [1.29, 1.82) is 0 Å². The lowest BCUT2D eigenvalue weighted by atomic mass is 10.0. The quantitative estimate of drug-likeness (QED) is 0.474. The Hall–Kier alpha value is -4.34. The first kappa shape index (κ1) is 21.5. The fourth-order valence-electron chi connectivity index (χ4n) is 4.14. The highest BCUT2D eigenvalue weighted by Crippen LogP contribution is 2.34. The minimum Gasteiger partial charge on any atom is -0.480 e. The van der Waals surface area contributed by atoms with E-state index in [0.717, 1.165) is 0 Å². The predicted molar refractivity (Wildman–Crippen MR) is 117 cm³/mol. The van der Waals surface area contributed by atoms with Crippen molar-refractivity contribution in [2.24, 2.45) is 0 Å². The number of aliphatic carboxylic acids is 1. The molecule has 5 rings (SSSR count). The van der Waals surface area contributed by atoms with Gasteiger partial charge in [0.1, 0.15) is 17.4 Å². The van der Waals surface area contributed by atoms with Crippen molar-refractivity contribution >= 4 is 5.97 Å². The summed E-state index contributed by atoms with van der Waals surface area (Å²) in [7, 11) is 0. The topological polar surface area (TPSA) is 99.2 Å². The van der Waals surface area contributed by atoms with Gasteiger partial charge in [0.15, 0.2) is 6.04 Å². The zero-order chi connectivity index (χ0) is 23.8. The third-order valence-electron chi connectivity index (χ3n) is 5.64. The standard InChI is InChI=1S/C24H18F2N4O4/c25-15-5-3-14(4-6-15)20-21(29-13-1-2-19(23(32)33)30(29)22(20)31)18-11-12-27-24(28-18)34-17-9-7-16(26)8-10-17/h3-12,19H,1-2,13H2,(H,32,33). The number of hydrogen-bond donors (Lipinski definition) is 1. The molecule has 34 heavy (non-hydrogen) atoms. The second kappa shape index (κ2) is 8.54. The Bertz CT molecular complexity index is 1430. The Kier molecular flexibility index (Phi) is 5.40. The number of benzene rings is 2. The molecule has 4 aromatic rings. The van der Waals surface area contributed by atoms with Crippen LogP contribution in [-0.4, -0.2) is 30.4 Å². The monoisotopic (exact) mass is 464 g/mol. The fourth-order valence-corrected chi connectivity index (χ4v) is 4.14. The number of nitrogens with zero attached hydrogens (tertiary/aromatic N) is 4. The molecule has 0 amide bonds. The number of rotatable bonds is 5. The number of aromatic nitrogens is 4. The molecule has 0 radical (unpaired) electrons. The molecule has 10 heteroatoms. The Labute approximate surface area is 191 Å². The van der Waals surface area contributed by atoms with Gasteiger partial charge in [0.05, 0.1) is 17.0 Å². The van der Waals surface area contributed by atoms with Crippen molar-refractivity contribution in [3.05, 3.63) is 82.8 Å². The van der Waals surface area contributed by atoms with E-state index in [4.69, 9.17) is 4.74 Å². The SMILES string of the molecule is O=C(O)C1CCCn2c(-c3ccnc(Oc4ccc(F)cc4)n3)c(-c3ccc(F)cc3)c(=O)n21.